The molecule has 1 spiro atoms. The smallest absolute Gasteiger partial charge is 0.331 e. The van der Waals surface area contributed by atoms with Crippen molar-refractivity contribution in [3.8, 4) is 0 Å². The van der Waals surface area contributed by atoms with Gasteiger partial charge in [-0.25, -0.2) is 4.68 Å². The van der Waals surface area contributed by atoms with Crippen molar-refractivity contribution in [3.05, 3.63) is 26.8 Å². The summed E-state index contributed by atoms with van der Waals surface area (Å²) < 4.78 is 1.48. The van der Waals surface area contributed by atoms with E-state index < -0.39 is 17.1 Å². The molecule has 2 fully saturated rings. The van der Waals surface area contributed by atoms with Crippen LogP contribution in [0.5, 0.6) is 0 Å². The lowest BCUT2D eigenvalue weighted by atomic mass is 9.93. The number of rotatable bonds is 3. The summed E-state index contributed by atoms with van der Waals surface area (Å²) in [5.74, 6) is 0.435. The Morgan fingerprint density at radius 2 is 2.36 bits per heavy atom. The van der Waals surface area contributed by atoms with Crippen LogP contribution >= 0.6 is 0 Å². The van der Waals surface area contributed by atoms with E-state index in [0.29, 0.717) is 25.3 Å². The molecule has 0 bridgehead atoms. The average molecular weight is 307 g/mol. The predicted octanol–water partition coefficient (Wildman–Crippen LogP) is 1.36. The summed E-state index contributed by atoms with van der Waals surface area (Å²) in [5, 5.41) is 29.3. The number of aliphatic hydroxyl groups excluding tert-OH is 1. The zero-order valence-electron chi connectivity index (χ0n) is 12.2. The molecular formula is C12H17N7O3. The van der Waals surface area contributed by atoms with Gasteiger partial charge in [0.25, 0.3) is 0 Å². The Hall–Kier alpha value is -2.32. The SMILES string of the molecule is Cn1ncc([N+](=O)[O-])c1N1CCC(N=[N+]=[N-])C(O)C2(CC2)C1. The van der Waals surface area contributed by atoms with E-state index in [1.54, 1.807) is 7.05 Å². The van der Waals surface area contributed by atoms with Crippen molar-refractivity contribution < 1.29 is 10.0 Å². The maximum atomic E-state index is 11.2. The molecule has 1 aliphatic carbocycles. The fourth-order valence-corrected chi connectivity index (χ4v) is 3.30. The first-order valence-corrected chi connectivity index (χ1v) is 7.12. The van der Waals surface area contributed by atoms with Gasteiger partial charge in [0, 0.05) is 30.5 Å². The van der Waals surface area contributed by atoms with Gasteiger partial charge in [-0.3, -0.25) is 10.1 Å². The monoisotopic (exact) mass is 307 g/mol. The van der Waals surface area contributed by atoms with Gasteiger partial charge < -0.3 is 10.0 Å². The molecular weight excluding hydrogens is 290 g/mol. The number of hydrogen-bond donors (Lipinski definition) is 1. The van der Waals surface area contributed by atoms with Crippen LogP contribution in [0.15, 0.2) is 11.3 Å². The van der Waals surface area contributed by atoms with Crippen LogP contribution in [0.3, 0.4) is 0 Å². The van der Waals surface area contributed by atoms with E-state index in [-0.39, 0.29) is 11.1 Å². The lowest BCUT2D eigenvalue weighted by molar-refractivity contribution is -0.384. The number of nitrogens with zero attached hydrogens (tertiary/aromatic N) is 7. The summed E-state index contributed by atoms with van der Waals surface area (Å²) >= 11 is 0. The first-order chi connectivity index (χ1) is 10.5. The first-order valence-electron chi connectivity index (χ1n) is 7.12. The van der Waals surface area contributed by atoms with Crippen molar-refractivity contribution in [2.75, 3.05) is 18.0 Å². The third-order valence-corrected chi connectivity index (χ3v) is 4.67. The molecule has 1 aromatic rings. The summed E-state index contributed by atoms with van der Waals surface area (Å²) in [6, 6.07) is -0.496. The molecule has 1 N–H and O–H groups in total. The van der Waals surface area contributed by atoms with Crippen LogP contribution in [0, 0.1) is 15.5 Å². The Labute approximate surface area is 126 Å². The topological polar surface area (TPSA) is 133 Å². The summed E-state index contributed by atoms with van der Waals surface area (Å²) in [4.78, 5) is 15.4. The second kappa shape index (κ2) is 5.15. The molecule has 2 unspecified atom stereocenters. The zero-order chi connectivity index (χ0) is 15.9. The summed E-state index contributed by atoms with van der Waals surface area (Å²) in [5.41, 5.74) is 8.27. The Morgan fingerprint density at radius 3 is 2.95 bits per heavy atom. The second-order valence-electron chi connectivity index (χ2n) is 6.02. The number of aryl methyl sites for hydroxylation is 1. The minimum atomic E-state index is -0.708. The minimum absolute atomic E-state index is 0.0463. The van der Waals surface area contributed by atoms with Gasteiger partial charge in [-0.2, -0.15) is 5.10 Å². The van der Waals surface area contributed by atoms with Gasteiger partial charge in [-0.05, 0) is 24.8 Å². The van der Waals surface area contributed by atoms with E-state index in [1.165, 1.54) is 10.9 Å². The number of anilines is 1. The van der Waals surface area contributed by atoms with E-state index in [0.717, 1.165) is 12.8 Å². The molecule has 2 aliphatic rings. The van der Waals surface area contributed by atoms with Gasteiger partial charge in [-0.1, -0.05) is 5.11 Å². The van der Waals surface area contributed by atoms with Crippen molar-refractivity contribution in [3.63, 3.8) is 0 Å². The van der Waals surface area contributed by atoms with E-state index in [9.17, 15) is 15.2 Å². The van der Waals surface area contributed by atoms with Gasteiger partial charge in [0.05, 0.1) is 17.1 Å². The third-order valence-electron chi connectivity index (χ3n) is 4.67. The molecule has 1 aromatic heterocycles. The van der Waals surface area contributed by atoms with Crippen molar-refractivity contribution in [2.24, 2.45) is 17.6 Å². The Kier molecular flexibility index (Phi) is 3.42. The maximum absolute atomic E-state index is 11.2. The van der Waals surface area contributed by atoms with Crippen molar-refractivity contribution in [1.82, 2.24) is 9.78 Å². The van der Waals surface area contributed by atoms with Gasteiger partial charge in [0.15, 0.2) is 0 Å². The van der Waals surface area contributed by atoms with Crippen molar-refractivity contribution >= 4 is 11.5 Å². The molecule has 1 aliphatic heterocycles. The Morgan fingerprint density at radius 1 is 1.64 bits per heavy atom. The standard InChI is InChI=1S/C12H17N7O3/c1-17-11(9(6-14-17)19(21)22)18-5-2-8(15-16-13)10(20)12(7-18)3-4-12/h6,8,10,20H,2-5,7H2,1H3. The maximum Gasteiger partial charge on any atom is 0.331 e. The quantitative estimate of drug-likeness (QED) is 0.296. The lowest BCUT2D eigenvalue weighted by Gasteiger charge is -2.27. The molecule has 0 radical (unpaired) electrons. The van der Waals surface area contributed by atoms with Crippen LogP contribution in [-0.4, -0.2) is 45.0 Å². The van der Waals surface area contributed by atoms with Gasteiger partial charge in [-0.15, -0.1) is 0 Å². The number of hydrogen-bond acceptors (Lipinski definition) is 6. The number of azide groups is 1. The van der Waals surface area contributed by atoms with Gasteiger partial charge >= 0.3 is 5.69 Å². The third kappa shape index (κ3) is 2.26. The van der Waals surface area contributed by atoms with Crippen LogP contribution in [-0.2, 0) is 7.05 Å². The molecule has 3 rings (SSSR count). The van der Waals surface area contributed by atoms with Crippen LogP contribution in [0.4, 0.5) is 11.5 Å². The molecule has 118 valence electrons. The molecule has 1 saturated carbocycles. The second-order valence-corrected chi connectivity index (χ2v) is 6.02. The molecule has 22 heavy (non-hydrogen) atoms. The molecule has 1 saturated heterocycles. The van der Waals surface area contributed by atoms with Crippen LogP contribution in [0.1, 0.15) is 19.3 Å². The number of aliphatic hydroxyl groups is 1. The summed E-state index contributed by atoms with van der Waals surface area (Å²) in [6.45, 7) is 0.981. The van der Waals surface area contributed by atoms with Crippen LogP contribution < -0.4 is 4.90 Å². The first kappa shape index (κ1) is 14.6. The van der Waals surface area contributed by atoms with Crippen LogP contribution in [0.2, 0.25) is 0 Å². The molecule has 0 amide bonds. The molecule has 0 aromatic carbocycles. The Balaban J connectivity index is 1.95. The van der Waals surface area contributed by atoms with E-state index in [1.807, 2.05) is 4.90 Å². The number of aromatic nitrogens is 2. The van der Waals surface area contributed by atoms with Gasteiger partial charge in [0.2, 0.25) is 5.82 Å². The normalized spacial score (nSPS) is 26.4. The van der Waals surface area contributed by atoms with Crippen molar-refractivity contribution in [2.45, 2.75) is 31.4 Å². The minimum Gasteiger partial charge on any atom is -0.392 e. The fraction of sp³-hybridized carbons (Fsp3) is 0.750. The van der Waals surface area contributed by atoms with Crippen molar-refractivity contribution in [1.29, 1.82) is 0 Å². The lowest BCUT2D eigenvalue weighted by Crippen LogP contribution is -2.37. The summed E-state index contributed by atoms with van der Waals surface area (Å²) in [6.07, 6.45) is 2.64. The number of nitro groups is 1. The zero-order valence-corrected chi connectivity index (χ0v) is 12.2. The van der Waals surface area contributed by atoms with Crippen LogP contribution in [0.25, 0.3) is 10.4 Å². The molecule has 10 heteroatoms. The Bertz CT molecular complexity index is 647. The predicted molar refractivity (Wildman–Crippen MR) is 77.3 cm³/mol. The highest BCUT2D eigenvalue weighted by Gasteiger charge is 2.54. The molecule has 2 heterocycles. The average Bonchev–Trinajstić information content (AvgIpc) is 3.18. The fourth-order valence-electron chi connectivity index (χ4n) is 3.30. The van der Waals surface area contributed by atoms with E-state index in [4.69, 9.17) is 5.53 Å². The highest BCUT2D eigenvalue weighted by molar-refractivity contribution is 5.58. The largest absolute Gasteiger partial charge is 0.392 e. The van der Waals surface area contributed by atoms with E-state index >= 15 is 0 Å². The molecule has 10 nitrogen and oxygen atoms in total. The summed E-state index contributed by atoms with van der Waals surface area (Å²) in [7, 11) is 1.66. The highest BCUT2D eigenvalue weighted by atomic mass is 16.6. The van der Waals surface area contributed by atoms with E-state index in [2.05, 4.69) is 15.1 Å². The molecule has 2 atom stereocenters. The highest BCUT2D eigenvalue weighted by Crippen LogP contribution is 2.53. The van der Waals surface area contributed by atoms with Gasteiger partial charge in [0.1, 0.15) is 6.20 Å².